The van der Waals surface area contributed by atoms with Gasteiger partial charge in [0.25, 0.3) is 5.91 Å². The number of carbonyl (C=O) groups is 3. The van der Waals surface area contributed by atoms with Crippen molar-refractivity contribution in [2.24, 2.45) is 5.73 Å². The lowest BCUT2D eigenvalue weighted by molar-refractivity contribution is -0.138. The molecule has 3 amide bonds. The van der Waals surface area contributed by atoms with E-state index in [1.165, 1.54) is 0 Å². The standard InChI is InChI=1S/C29H35N5O4/c1-29(2,30)28(37)32-25(16-22-17-31-24-6-4-3-5-23(22)24)27(36)34-10-9-19-15-20(7-8-21(19)18-34)26(35)33-11-13-38-14-12-33/h3-8,15,17,25,31H,9-14,16,18,30H2,1-2H3,(H,32,37)/t25-/m1/s1. The van der Waals surface area contributed by atoms with Crippen LogP contribution in [0.3, 0.4) is 0 Å². The number of nitrogens with zero attached hydrogens (tertiary/aromatic N) is 2. The predicted molar refractivity (Wildman–Crippen MR) is 144 cm³/mol. The molecule has 3 heterocycles. The quantitative estimate of drug-likeness (QED) is 0.462. The molecule has 0 radical (unpaired) electrons. The summed E-state index contributed by atoms with van der Waals surface area (Å²) in [6.45, 7) is 6.50. The number of carbonyl (C=O) groups excluding carboxylic acids is 3. The van der Waals surface area contributed by atoms with E-state index >= 15 is 0 Å². The van der Waals surface area contributed by atoms with Crippen LogP contribution in [0.2, 0.25) is 0 Å². The van der Waals surface area contributed by atoms with Crippen molar-refractivity contribution in [2.45, 2.75) is 44.8 Å². The average Bonchev–Trinajstić information content (AvgIpc) is 3.34. The molecule has 1 aromatic heterocycles. The highest BCUT2D eigenvalue weighted by Gasteiger charge is 2.33. The fraction of sp³-hybridized carbons (Fsp3) is 0.414. The number of nitrogens with one attached hydrogen (secondary N) is 2. The number of para-hydroxylation sites is 1. The van der Waals surface area contributed by atoms with Gasteiger partial charge in [-0.1, -0.05) is 24.3 Å². The lowest BCUT2D eigenvalue weighted by Crippen LogP contribution is -2.57. The van der Waals surface area contributed by atoms with E-state index in [2.05, 4.69) is 10.3 Å². The van der Waals surface area contributed by atoms with Crippen LogP contribution in [0.4, 0.5) is 0 Å². The first-order valence-electron chi connectivity index (χ1n) is 13.1. The SMILES string of the molecule is CC(C)(N)C(=O)N[C@H](Cc1c[nH]c2ccccc12)C(=O)N1CCc2cc(C(=O)N3CCOCC3)ccc2C1. The van der Waals surface area contributed by atoms with E-state index in [0.717, 1.165) is 27.6 Å². The van der Waals surface area contributed by atoms with Crippen molar-refractivity contribution in [2.75, 3.05) is 32.8 Å². The summed E-state index contributed by atoms with van der Waals surface area (Å²) in [5.41, 5.74) is 9.62. The molecule has 1 atom stereocenters. The molecule has 2 aromatic carbocycles. The number of H-pyrrole nitrogens is 1. The molecular formula is C29H35N5O4. The van der Waals surface area contributed by atoms with Crippen LogP contribution in [0.5, 0.6) is 0 Å². The maximum absolute atomic E-state index is 13.8. The molecule has 9 heteroatoms. The van der Waals surface area contributed by atoms with Gasteiger partial charge in [-0.2, -0.15) is 0 Å². The summed E-state index contributed by atoms with van der Waals surface area (Å²) in [6.07, 6.45) is 2.88. The summed E-state index contributed by atoms with van der Waals surface area (Å²) in [6, 6.07) is 12.9. The Morgan fingerprint density at radius 2 is 1.82 bits per heavy atom. The number of ether oxygens (including phenoxy) is 1. The van der Waals surface area contributed by atoms with Crippen LogP contribution in [0.25, 0.3) is 10.9 Å². The molecule has 38 heavy (non-hydrogen) atoms. The van der Waals surface area contributed by atoms with E-state index in [-0.39, 0.29) is 17.7 Å². The highest BCUT2D eigenvalue weighted by atomic mass is 16.5. The largest absolute Gasteiger partial charge is 0.378 e. The number of morpholine rings is 1. The van der Waals surface area contributed by atoms with Crippen molar-refractivity contribution in [3.8, 4) is 0 Å². The Kier molecular flexibility index (Phi) is 7.23. The third-order valence-corrected chi connectivity index (χ3v) is 7.36. The van der Waals surface area contributed by atoms with Gasteiger partial charge in [0.2, 0.25) is 11.8 Å². The third-order valence-electron chi connectivity index (χ3n) is 7.36. The third kappa shape index (κ3) is 5.44. The maximum Gasteiger partial charge on any atom is 0.254 e. The molecule has 0 bridgehead atoms. The van der Waals surface area contributed by atoms with Gasteiger partial charge >= 0.3 is 0 Å². The van der Waals surface area contributed by atoms with Crippen molar-refractivity contribution in [1.29, 1.82) is 0 Å². The van der Waals surface area contributed by atoms with E-state index in [1.54, 1.807) is 18.7 Å². The van der Waals surface area contributed by atoms with Crippen molar-refractivity contribution in [3.63, 3.8) is 0 Å². The Balaban J connectivity index is 1.34. The Morgan fingerprint density at radius 3 is 2.58 bits per heavy atom. The number of nitrogens with two attached hydrogens (primary N) is 1. The highest BCUT2D eigenvalue weighted by molar-refractivity contribution is 5.95. The van der Waals surface area contributed by atoms with Gasteiger partial charge in [-0.3, -0.25) is 14.4 Å². The molecule has 1 fully saturated rings. The zero-order valence-electron chi connectivity index (χ0n) is 22.0. The minimum atomic E-state index is -1.11. The topological polar surface area (TPSA) is 121 Å². The second-order valence-corrected chi connectivity index (χ2v) is 10.7. The van der Waals surface area contributed by atoms with Gasteiger partial charge in [0.05, 0.1) is 18.8 Å². The molecule has 9 nitrogen and oxygen atoms in total. The van der Waals surface area contributed by atoms with Crippen molar-refractivity contribution >= 4 is 28.6 Å². The maximum atomic E-state index is 13.8. The van der Waals surface area contributed by atoms with Crippen molar-refractivity contribution in [1.82, 2.24) is 20.1 Å². The lowest BCUT2D eigenvalue weighted by atomic mass is 9.95. The molecule has 0 unspecified atom stereocenters. The van der Waals surface area contributed by atoms with E-state index in [1.807, 2.05) is 53.6 Å². The Bertz CT molecular complexity index is 1350. The van der Waals surface area contributed by atoms with Gasteiger partial charge < -0.3 is 30.6 Å². The molecule has 5 rings (SSSR count). The first-order chi connectivity index (χ1) is 18.2. The van der Waals surface area contributed by atoms with E-state index in [0.29, 0.717) is 57.8 Å². The van der Waals surface area contributed by atoms with Gasteiger partial charge in [-0.05, 0) is 55.2 Å². The van der Waals surface area contributed by atoms with Crippen LogP contribution in [0, 0.1) is 0 Å². The van der Waals surface area contributed by atoms with Gasteiger partial charge in [-0.15, -0.1) is 0 Å². The second-order valence-electron chi connectivity index (χ2n) is 10.7. The molecule has 0 spiro atoms. The van der Waals surface area contributed by atoms with Crippen LogP contribution in [-0.4, -0.2) is 76.9 Å². The van der Waals surface area contributed by atoms with Crippen LogP contribution >= 0.6 is 0 Å². The second kappa shape index (κ2) is 10.6. The summed E-state index contributed by atoms with van der Waals surface area (Å²) < 4.78 is 5.36. The summed E-state index contributed by atoms with van der Waals surface area (Å²) in [4.78, 5) is 46.4. The number of rotatable bonds is 6. The van der Waals surface area contributed by atoms with E-state index < -0.39 is 11.6 Å². The molecule has 3 aromatic rings. The predicted octanol–water partition coefficient (Wildman–Crippen LogP) is 1.99. The van der Waals surface area contributed by atoms with Crippen molar-refractivity contribution < 1.29 is 19.1 Å². The fourth-order valence-electron chi connectivity index (χ4n) is 5.11. The molecule has 4 N–H and O–H groups in total. The van der Waals surface area contributed by atoms with Gasteiger partial charge in [-0.25, -0.2) is 0 Å². The van der Waals surface area contributed by atoms with Crippen molar-refractivity contribution in [3.05, 3.63) is 70.9 Å². The zero-order valence-corrected chi connectivity index (χ0v) is 22.0. The first-order valence-corrected chi connectivity index (χ1v) is 13.1. The van der Waals surface area contributed by atoms with E-state index in [9.17, 15) is 14.4 Å². The van der Waals surface area contributed by atoms with Gasteiger partial charge in [0.1, 0.15) is 6.04 Å². The normalized spacial score (nSPS) is 16.7. The monoisotopic (exact) mass is 517 g/mol. The number of amides is 3. The number of hydrogen-bond acceptors (Lipinski definition) is 5. The lowest BCUT2D eigenvalue weighted by Gasteiger charge is -2.33. The average molecular weight is 518 g/mol. The van der Waals surface area contributed by atoms with Crippen LogP contribution < -0.4 is 11.1 Å². The van der Waals surface area contributed by atoms with Gasteiger partial charge in [0.15, 0.2) is 0 Å². The molecule has 2 aliphatic rings. The summed E-state index contributed by atoms with van der Waals surface area (Å²) in [7, 11) is 0. The molecule has 200 valence electrons. The summed E-state index contributed by atoms with van der Waals surface area (Å²) in [5, 5.41) is 3.93. The Morgan fingerprint density at radius 1 is 1.05 bits per heavy atom. The number of benzene rings is 2. The summed E-state index contributed by atoms with van der Waals surface area (Å²) in [5.74, 6) is -0.508. The Hall–Kier alpha value is -3.69. The minimum Gasteiger partial charge on any atom is -0.378 e. The fourth-order valence-corrected chi connectivity index (χ4v) is 5.11. The number of fused-ring (bicyclic) bond motifs is 2. The highest BCUT2D eigenvalue weighted by Crippen LogP contribution is 2.24. The number of hydrogen-bond donors (Lipinski definition) is 3. The number of aromatic nitrogens is 1. The molecule has 2 aliphatic heterocycles. The van der Waals surface area contributed by atoms with Crippen LogP contribution in [0.1, 0.15) is 40.9 Å². The molecule has 1 saturated heterocycles. The smallest absolute Gasteiger partial charge is 0.254 e. The molecule has 0 aliphatic carbocycles. The van der Waals surface area contributed by atoms with Gasteiger partial charge in [0, 0.05) is 55.3 Å². The number of aromatic amines is 1. The minimum absolute atomic E-state index is 0.0144. The van der Waals surface area contributed by atoms with Crippen LogP contribution in [-0.2, 0) is 33.7 Å². The first kappa shape index (κ1) is 25.9. The zero-order chi connectivity index (χ0) is 26.9. The summed E-state index contributed by atoms with van der Waals surface area (Å²) >= 11 is 0. The van der Waals surface area contributed by atoms with E-state index in [4.69, 9.17) is 10.5 Å². The van der Waals surface area contributed by atoms with Crippen LogP contribution in [0.15, 0.2) is 48.7 Å². The molecule has 0 saturated carbocycles. The molecular weight excluding hydrogens is 482 g/mol. The Labute approximate surface area is 222 Å².